The van der Waals surface area contributed by atoms with Gasteiger partial charge in [0.25, 0.3) is 0 Å². The van der Waals surface area contributed by atoms with Crippen LogP contribution in [0.1, 0.15) is 50.6 Å². The fourth-order valence-corrected chi connectivity index (χ4v) is 4.91. The zero-order valence-corrected chi connectivity index (χ0v) is 19.3. The Morgan fingerprint density at radius 2 is 1.87 bits per heavy atom. The van der Waals surface area contributed by atoms with E-state index in [-0.39, 0.29) is 34.4 Å². The molecule has 0 aliphatic heterocycles. The van der Waals surface area contributed by atoms with Gasteiger partial charge >= 0.3 is 11.9 Å². The van der Waals surface area contributed by atoms with Crippen LogP contribution < -0.4 is 5.73 Å². The van der Waals surface area contributed by atoms with Crippen LogP contribution in [0.2, 0.25) is 0 Å². The second-order valence-corrected chi connectivity index (χ2v) is 8.47. The molecular formula is C20H23N5O4S2. The van der Waals surface area contributed by atoms with Crippen molar-refractivity contribution in [2.75, 3.05) is 18.9 Å². The van der Waals surface area contributed by atoms with E-state index >= 15 is 0 Å². The summed E-state index contributed by atoms with van der Waals surface area (Å²) in [6.45, 7) is 7.84. The Morgan fingerprint density at radius 3 is 2.58 bits per heavy atom. The average molecular weight is 462 g/mol. The number of hydrogen-bond acceptors (Lipinski definition) is 10. The molecule has 9 nitrogen and oxygen atoms in total. The average Bonchev–Trinajstić information content (AvgIpc) is 3.32. The first-order valence-electron chi connectivity index (χ1n) is 9.62. The minimum absolute atomic E-state index is 0.188. The van der Waals surface area contributed by atoms with Crippen LogP contribution in [0.3, 0.4) is 0 Å². The largest absolute Gasteiger partial charge is 0.462 e. The molecule has 0 aliphatic carbocycles. The van der Waals surface area contributed by atoms with Crippen LogP contribution in [0, 0.1) is 13.8 Å². The zero-order valence-electron chi connectivity index (χ0n) is 17.7. The van der Waals surface area contributed by atoms with E-state index in [1.54, 1.807) is 18.5 Å². The highest BCUT2D eigenvalue weighted by atomic mass is 32.2. The van der Waals surface area contributed by atoms with Crippen molar-refractivity contribution in [1.29, 1.82) is 0 Å². The maximum Gasteiger partial charge on any atom is 0.348 e. The van der Waals surface area contributed by atoms with E-state index in [4.69, 9.17) is 15.2 Å². The van der Waals surface area contributed by atoms with Gasteiger partial charge in [-0.05, 0) is 55.3 Å². The smallest absolute Gasteiger partial charge is 0.348 e. The normalized spacial score (nSPS) is 10.8. The number of benzene rings is 1. The molecule has 0 bridgehead atoms. The van der Waals surface area contributed by atoms with Crippen molar-refractivity contribution in [2.24, 2.45) is 0 Å². The van der Waals surface area contributed by atoms with Crippen LogP contribution in [0.4, 0.5) is 5.00 Å². The number of aromatic nitrogens is 4. The van der Waals surface area contributed by atoms with Gasteiger partial charge in [-0.1, -0.05) is 23.9 Å². The number of thioether (sulfide) groups is 1. The van der Waals surface area contributed by atoms with Gasteiger partial charge in [0.2, 0.25) is 5.16 Å². The van der Waals surface area contributed by atoms with Crippen LogP contribution in [0.25, 0.3) is 5.69 Å². The zero-order chi connectivity index (χ0) is 22.5. The molecule has 0 aliphatic rings. The molecule has 0 unspecified atom stereocenters. The van der Waals surface area contributed by atoms with E-state index < -0.39 is 11.9 Å². The Morgan fingerprint density at radius 1 is 1.16 bits per heavy atom. The lowest BCUT2D eigenvalue weighted by atomic mass is 10.1. The maximum absolute atomic E-state index is 12.5. The molecule has 0 radical (unpaired) electrons. The molecule has 164 valence electrons. The highest BCUT2D eigenvalue weighted by Crippen LogP contribution is 2.36. The number of rotatable bonds is 8. The molecule has 0 amide bonds. The van der Waals surface area contributed by atoms with Crippen molar-refractivity contribution in [3.63, 3.8) is 0 Å². The van der Waals surface area contributed by atoms with Crippen molar-refractivity contribution >= 4 is 40.0 Å². The lowest BCUT2D eigenvalue weighted by Crippen LogP contribution is -2.11. The van der Waals surface area contributed by atoms with Crippen molar-refractivity contribution < 1.29 is 19.1 Å². The first kappa shape index (κ1) is 22.8. The summed E-state index contributed by atoms with van der Waals surface area (Å²) in [6, 6.07) is 5.88. The number of anilines is 1. The first-order chi connectivity index (χ1) is 14.9. The van der Waals surface area contributed by atoms with Gasteiger partial charge < -0.3 is 15.2 Å². The number of aryl methyl sites for hydroxylation is 1. The van der Waals surface area contributed by atoms with Gasteiger partial charge in [-0.15, -0.1) is 16.4 Å². The second-order valence-electron chi connectivity index (χ2n) is 6.47. The topological polar surface area (TPSA) is 122 Å². The van der Waals surface area contributed by atoms with Gasteiger partial charge in [0, 0.05) is 11.3 Å². The maximum atomic E-state index is 12.5. The van der Waals surface area contributed by atoms with Gasteiger partial charge in [0.1, 0.15) is 9.88 Å². The van der Waals surface area contributed by atoms with Crippen molar-refractivity contribution in [2.45, 2.75) is 38.6 Å². The van der Waals surface area contributed by atoms with Crippen LogP contribution in [0.15, 0.2) is 23.4 Å². The third-order valence-corrected chi connectivity index (χ3v) is 6.55. The van der Waals surface area contributed by atoms with Gasteiger partial charge in [-0.3, -0.25) is 0 Å². The Hall–Kier alpha value is -2.92. The fraction of sp³-hybridized carbons (Fsp3) is 0.350. The van der Waals surface area contributed by atoms with Crippen LogP contribution in [-0.2, 0) is 15.2 Å². The van der Waals surface area contributed by atoms with E-state index in [1.165, 1.54) is 11.8 Å². The van der Waals surface area contributed by atoms with Crippen molar-refractivity contribution in [1.82, 2.24) is 20.2 Å². The summed E-state index contributed by atoms with van der Waals surface area (Å²) >= 11 is 2.31. The van der Waals surface area contributed by atoms with E-state index in [1.807, 2.05) is 32.0 Å². The van der Waals surface area contributed by atoms with E-state index in [0.29, 0.717) is 10.7 Å². The molecule has 2 N–H and O–H groups in total. The summed E-state index contributed by atoms with van der Waals surface area (Å²) in [5.74, 6) is -0.864. The highest BCUT2D eigenvalue weighted by Gasteiger charge is 2.28. The number of hydrogen-bond donors (Lipinski definition) is 1. The van der Waals surface area contributed by atoms with Crippen molar-refractivity contribution in [3.8, 4) is 5.69 Å². The van der Waals surface area contributed by atoms with E-state index in [2.05, 4.69) is 15.5 Å². The predicted molar refractivity (Wildman–Crippen MR) is 119 cm³/mol. The summed E-state index contributed by atoms with van der Waals surface area (Å²) in [6.07, 6.45) is 0. The minimum Gasteiger partial charge on any atom is -0.462 e. The van der Waals surface area contributed by atoms with Gasteiger partial charge in [0.15, 0.2) is 0 Å². The molecule has 11 heteroatoms. The molecule has 3 rings (SSSR count). The number of carbonyl (C=O) groups excluding carboxylic acids is 2. The lowest BCUT2D eigenvalue weighted by molar-refractivity contribution is 0.0527. The minimum atomic E-state index is -0.573. The van der Waals surface area contributed by atoms with E-state index in [9.17, 15) is 9.59 Å². The van der Waals surface area contributed by atoms with Crippen molar-refractivity contribution in [3.05, 3.63) is 45.3 Å². The number of thiophene rings is 1. The predicted octanol–water partition coefficient (Wildman–Crippen LogP) is 3.57. The number of nitrogens with two attached hydrogens (primary N) is 1. The Kier molecular flexibility index (Phi) is 7.29. The molecule has 3 aromatic rings. The lowest BCUT2D eigenvalue weighted by Gasteiger charge is -2.10. The molecule has 0 saturated heterocycles. The summed E-state index contributed by atoms with van der Waals surface area (Å²) < 4.78 is 11.9. The molecule has 1 aromatic carbocycles. The number of esters is 2. The number of carbonyl (C=O) groups is 2. The van der Waals surface area contributed by atoms with Gasteiger partial charge in [0.05, 0.1) is 24.5 Å². The number of tetrazole rings is 1. The summed E-state index contributed by atoms with van der Waals surface area (Å²) in [5.41, 5.74) is 9.74. The third-order valence-electron chi connectivity index (χ3n) is 4.57. The quantitative estimate of drug-likeness (QED) is 0.396. The Bertz CT molecular complexity index is 1110. The molecule has 0 spiro atoms. The number of nitrogen functional groups attached to an aromatic ring is 1. The SMILES string of the molecule is CCOC(=O)c1sc(N)c(C(=O)OCC)c1CSc1nnnn1-c1cccc(C)c1C. The monoisotopic (exact) mass is 461 g/mol. The van der Waals surface area contributed by atoms with Crippen LogP contribution in [0.5, 0.6) is 0 Å². The molecule has 2 heterocycles. The summed E-state index contributed by atoms with van der Waals surface area (Å²) in [4.78, 5) is 25.3. The number of nitrogens with zero attached hydrogens (tertiary/aromatic N) is 4. The third kappa shape index (κ3) is 4.72. The summed E-state index contributed by atoms with van der Waals surface area (Å²) in [5, 5.41) is 12.7. The number of ether oxygens (including phenoxy) is 2. The molecule has 0 atom stereocenters. The second kappa shape index (κ2) is 9.92. The molecule has 2 aromatic heterocycles. The first-order valence-corrected chi connectivity index (χ1v) is 11.4. The van der Waals surface area contributed by atoms with Gasteiger partial charge in [-0.2, -0.15) is 4.68 Å². The standard InChI is InChI=1S/C20H23N5O4S2/c1-5-28-18(26)15-13(16(31-17(15)21)19(27)29-6-2)10-30-20-22-23-24-25(20)14-9-7-8-11(3)12(14)4/h7-9H,5-6,10,21H2,1-4H3. The van der Waals surface area contributed by atoms with Crippen LogP contribution >= 0.6 is 23.1 Å². The molecule has 31 heavy (non-hydrogen) atoms. The molecular weight excluding hydrogens is 438 g/mol. The Labute approximate surface area is 187 Å². The van der Waals surface area contributed by atoms with Crippen LogP contribution in [-0.4, -0.2) is 45.4 Å². The van der Waals surface area contributed by atoms with Gasteiger partial charge in [-0.25, -0.2) is 9.59 Å². The highest BCUT2D eigenvalue weighted by molar-refractivity contribution is 7.98. The molecule has 0 saturated carbocycles. The Balaban J connectivity index is 1.97. The fourth-order valence-electron chi connectivity index (χ4n) is 2.93. The molecule has 0 fully saturated rings. The summed E-state index contributed by atoms with van der Waals surface area (Å²) in [7, 11) is 0. The van der Waals surface area contributed by atoms with E-state index in [0.717, 1.165) is 28.2 Å².